The van der Waals surface area contributed by atoms with Gasteiger partial charge in [0.05, 0.1) is 16.8 Å². The molecule has 0 radical (unpaired) electrons. The van der Waals surface area contributed by atoms with E-state index in [0.29, 0.717) is 22.6 Å². The topological polar surface area (TPSA) is 145 Å². The number of carbonyl (C=O) groups is 1. The van der Waals surface area contributed by atoms with Crippen molar-refractivity contribution >= 4 is 34.2 Å². The molecule has 1 amide bonds. The Bertz CT molecular complexity index is 1050. The Morgan fingerprint density at radius 3 is 2.81 bits per heavy atom. The van der Waals surface area contributed by atoms with E-state index in [9.17, 15) is 13.9 Å². The summed E-state index contributed by atoms with van der Waals surface area (Å²) in [6.07, 6.45) is 3.92. The van der Waals surface area contributed by atoms with E-state index >= 15 is 0 Å². The molecule has 4 rings (SSSR count). The second-order valence-electron chi connectivity index (χ2n) is 8.50. The van der Waals surface area contributed by atoms with Gasteiger partial charge < -0.3 is 20.7 Å². The van der Waals surface area contributed by atoms with E-state index in [2.05, 4.69) is 24.3 Å². The highest BCUT2D eigenvalue weighted by molar-refractivity contribution is 8.24. The van der Waals surface area contributed by atoms with Gasteiger partial charge in [-0.2, -0.15) is 0 Å². The number of amidine groups is 1. The number of hydrogen-bond donors (Lipinski definition) is 5. The average Bonchev–Trinajstić information content (AvgIpc) is 3.26. The van der Waals surface area contributed by atoms with Crippen LogP contribution >= 0.6 is 11.0 Å². The minimum atomic E-state index is -3.37. The first-order chi connectivity index (χ1) is 15.1. The van der Waals surface area contributed by atoms with Crippen LogP contribution in [0.3, 0.4) is 0 Å². The van der Waals surface area contributed by atoms with Gasteiger partial charge in [-0.05, 0) is 61.9 Å². The third-order valence-corrected chi connectivity index (χ3v) is 6.18. The van der Waals surface area contributed by atoms with Crippen LogP contribution in [0.2, 0.25) is 0 Å². The third-order valence-electron chi connectivity index (χ3n) is 5.23. The maximum absolute atomic E-state index is 12.9. The highest BCUT2D eigenvalue weighted by Crippen LogP contribution is 2.46. The van der Waals surface area contributed by atoms with Gasteiger partial charge in [0, 0.05) is 24.8 Å². The lowest BCUT2D eigenvalue weighted by atomic mass is 10.1. The number of amides is 1. The molecule has 0 bridgehead atoms. The van der Waals surface area contributed by atoms with E-state index in [1.165, 1.54) is 0 Å². The number of anilines is 2. The largest absolute Gasteiger partial charge is 0.490 e. The van der Waals surface area contributed by atoms with Crippen LogP contribution in [-0.4, -0.2) is 51.1 Å². The number of aromatic nitrogens is 1. The van der Waals surface area contributed by atoms with Crippen LogP contribution in [0.1, 0.15) is 42.6 Å². The zero-order valence-corrected chi connectivity index (χ0v) is 18.9. The molecule has 0 spiro atoms. The molecule has 1 saturated heterocycles. The van der Waals surface area contributed by atoms with Crippen molar-refractivity contribution in [1.29, 1.82) is 0 Å². The summed E-state index contributed by atoms with van der Waals surface area (Å²) >= 11 is 0. The fourth-order valence-corrected chi connectivity index (χ4v) is 4.58. The van der Waals surface area contributed by atoms with E-state index in [4.69, 9.17) is 10.5 Å². The SMILES string of the molecule is CC(C)(COc1cccc2c1C(N)=NS(O)(O)N2)NC(=O)c1ccnc(N2CCCC2)c1. The fraction of sp³-hybridized carbons (Fsp3) is 0.381. The number of benzene rings is 1. The zero-order chi connectivity index (χ0) is 22.9. The first-order valence-corrected chi connectivity index (χ1v) is 11.8. The van der Waals surface area contributed by atoms with Gasteiger partial charge in [0.2, 0.25) is 0 Å². The maximum atomic E-state index is 12.9. The summed E-state index contributed by atoms with van der Waals surface area (Å²) in [5.41, 5.74) is 6.64. The summed E-state index contributed by atoms with van der Waals surface area (Å²) in [4.78, 5) is 19.5. The van der Waals surface area contributed by atoms with Gasteiger partial charge in [-0.3, -0.25) is 18.6 Å². The molecular formula is C21H28N6O4S. The Balaban J connectivity index is 1.44. The molecule has 10 nitrogen and oxygen atoms in total. The van der Waals surface area contributed by atoms with Crippen molar-refractivity contribution in [2.75, 3.05) is 29.3 Å². The van der Waals surface area contributed by atoms with Crippen LogP contribution in [0.4, 0.5) is 11.5 Å². The van der Waals surface area contributed by atoms with Gasteiger partial charge in [0.25, 0.3) is 5.91 Å². The molecule has 11 heteroatoms. The second kappa shape index (κ2) is 8.49. The lowest BCUT2D eigenvalue weighted by Gasteiger charge is -2.34. The van der Waals surface area contributed by atoms with E-state index in [-0.39, 0.29) is 18.3 Å². The first kappa shape index (κ1) is 22.2. The quantitative estimate of drug-likeness (QED) is 0.442. The maximum Gasteiger partial charge on any atom is 0.252 e. The predicted octanol–water partition coefficient (Wildman–Crippen LogP) is 2.98. The summed E-state index contributed by atoms with van der Waals surface area (Å²) in [6, 6.07) is 8.58. The molecule has 172 valence electrons. The molecule has 2 aliphatic heterocycles. The van der Waals surface area contributed by atoms with Gasteiger partial charge in [-0.1, -0.05) is 6.07 Å². The lowest BCUT2D eigenvalue weighted by Crippen LogP contribution is -2.48. The minimum Gasteiger partial charge on any atom is -0.490 e. The molecular weight excluding hydrogens is 432 g/mol. The predicted molar refractivity (Wildman–Crippen MR) is 126 cm³/mol. The Labute approximate surface area is 188 Å². The smallest absolute Gasteiger partial charge is 0.252 e. The van der Waals surface area contributed by atoms with Crippen molar-refractivity contribution in [3.05, 3.63) is 47.7 Å². The van der Waals surface area contributed by atoms with E-state index in [0.717, 1.165) is 31.7 Å². The Morgan fingerprint density at radius 2 is 2.06 bits per heavy atom. The van der Waals surface area contributed by atoms with E-state index < -0.39 is 16.5 Å². The fourth-order valence-electron chi connectivity index (χ4n) is 3.71. The molecule has 6 N–H and O–H groups in total. The summed E-state index contributed by atoms with van der Waals surface area (Å²) < 4.78 is 31.8. The Morgan fingerprint density at radius 1 is 1.31 bits per heavy atom. The van der Waals surface area contributed by atoms with Crippen molar-refractivity contribution in [1.82, 2.24) is 10.3 Å². The van der Waals surface area contributed by atoms with Crippen LogP contribution < -0.4 is 25.4 Å². The molecule has 32 heavy (non-hydrogen) atoms. The summed E-state index contributed by atoms with van der Waals surface area (Å²) in [5, 5.41) is 3.00. The minimum absolute atomic E-state index is 0.0255. The number of pyridine rings is 1. The lowest BCUT2D eigenvalue weighted by molar-refractivity contribution is 0.0880. The number of hydrogen-bond acceptors (Lipinski definition) is 9. The molecule has 1 fully saturated rings. The van der Waals surface area contributed by atoms with Crippen molar-refractivity contribution in [3.63, 3.8) is 0 Å². The molecule has 2 aliphatic rings. The monoisotopic (exact) mass is 460 g/mol. The zero-order valence-electron chi connectivity index (χ0n) is 18.0. The molecule has 0 saturated carbocycles. The van der Waals surface area contributed by atoms with Gasteiger partial charge in [0.1, 0.15) is 18.2 Å². The summed E-state index contributed by atoms with van der Waals surface area (Å²) in [7, 11) is -3.37. The standard InChI is InChI=1S/C21H28N6O4S/c1-21(2,24-20(28)14-8-9-23-17(12-14)27-10-3-4-11-27)13-31-16-7-5-6-15-18(16)19(22)26-32(29,30)25-15/h5-9,12,25,29-30H,3-4,10-11,13H2,1-2H3,(H2,22,26)(H,24,28). The third kappa shape index (κ3) is 4.90. The summed E-state index contributed by atoms with van der Waals surface area (Å²) in [5.74, 6) is 0.998. The van der Waals surface area contributed by atoms with Gasteiger partial charge >= 0.3 is 0 Å². The highest BCUT2D eigenvalue weighted by Gasteiger charge is 2.27. The number of nitrogens with zero attached hydrogens (tertiary/aromatic N) is 3. The molecule has 2 aromatic rings. The molecule has 0 aliphatic carbocycles. The van der Waals surface area contributed by atoms with Crippen LogP contribution in [0.25, 0.3) is 0 Å². The Hall–Kier alpha value is -3.02. The van der Waals surface area contributed by atoms with Gasteiger partial charge in [0.15, 0.2) is 5.84 Å². The van der Waals surface area contributed by atoms with E-state index in [1.807, 2.05) is 19.9 Å². The number of fused-ring (bicyclic) bond motifs is 1. The van der Waals surface area contributed by atoms with Crippen LogP contribution in [-0.2, 0) is 0 Å². The van der Waals surface area contributed by atoms with Crippen molar-refractivity contribution < 1.29 is 18.6 Å². The van der Waals surface area contributed by atoms with Gasteiger partial charge in [-0.25, -0.2) is 4.98 Å². The molecule has 1 aromatic carbocycles. The van der Waals surface area contributed by atoms with Gasteiger partial charge in [-0.15, -0.1) is 4.40 Å². The van der Waals surface area contributed by atoms with Crippen LogP contribution in [0.5, 0.6) is 5.75 Å². The van der Waals surface area contributed by atoms with Crippen LogP contribution in [0, 0.1) is 0 Å². The normalized spacial score (nSPS) is 18.2. The first-order valence-electron chi connectivity index (χ1n) is 10.3. The molecule has 0 atom stereocenters. The number of carbonyl (C=O) groups excluding carboxylic acids is 1. The number of ether oxygens (including phenoxy) is 1. The van der Waals surface area contributed by atoms with Crippen molar-refractivity contribution in [2.45, 2.75) is 32.2 Å². The summed E-state index contributed by atoms with van der Waals surface area (Å²) in [6.45, 7) is 5.78. The molecule has 1 aromatic heterocycles. The Kier molecular flexibility index (Phi) is 5.89. The van der Waals surface area contributed by atoms with Crippen molar-refractivity contribution in [2.24, 2.45) is 10.1 Å². The molecule has 0 unspecified atom stereocenters. The number of nitrogens with two attached hydrogens (primary N) is 1. The number of rotatable bonds is 6. The molecule has 3 heterocycles. The number of nitrogens with one attached hydrogen (secondary N) is 2. The van der Waals surface area contributed by atoms with E-state index in [1.54, 1.807) is 30.5 Å². The van der Waals surface area contributed by atoms with Crippen molar-refractivity contribution in [3.8, 4) is 5.75 Å². The average molecular weight is 461 g/mol. The highest BCUT2D eigenvalue weighted by atomic mass is 32.3. The van der Waals surface area contributed by atoms with Crippen LogP contribution in [0.15, 0.2) is 40.9 Å². The second-order valence-corrected chi connectivity index (χ2v) is 9.92.